The Labute approximate surface area is 203 Å². The molecule has 190 valence electrons. The van der Waals surface area contributed by atoms with Gasteiger partial charge in [-0.15, -0.1) is 0 Å². The minimum absolute atomic E-state index is 0.0390. The Hall–Kier alpha value is -3.85. The highest BCUT2D eigenvalue weighted by Gasteiger charge is 2.29. The summed E-state index contributed by atoms with van der Waals surface area (Å²) in [6.45, 7) is 4.14. The summed E-state index contributed by atoms with van der Waals surface area (Å²) in [5.41, 5.74) is 1.18. The van der Waals surface area contributed by atoms with Gasteiger partial charge in [-0.25, -0.2) is 14.4 Å². The van der Waals surface area contributed by atoms with Gasteiger partial charge in [0, 0.05) is 39.3 Å². The van der Waals surface area contributed by atoms with Gasteiger partial charge >= 0.3 is 18.0 Å². The molecule has 1 aromatic carbocycles. The Bertz CT molecular complexity index is 919. The minimum atomic E-state index is -1.82. The lowest BCUT2D eigenvalue weighted by molar-refractivity contribution is -0.159. The van der Waals surface area contributed by atoms with Gasteiger partial charge in [-0.2, -0.15) is 5.26 Å². The molecular formula is C23H31N5O7. The molecule has 0 bridgehead atoms. The first kappa shape index (κ1) is 27.4. The number of hydrogen-bond donors (Lipinski definition) is 3. The van der Waals surface area contributed by atoms with Crippen LogP contribution in [0.25, 0.3) is 0 Å². The van der Waals surface area contributed by atoms with E-state index in [0.29, 0.717) is 32.7 Å². The zero-order valence-electron chi connectivity index (χ0n) is 19.7. The minimum Gasteiger partial charge on any atom is -0.497 e. The summed E-state index contributed by atoms with van der Waals surface area (Å²) < 4.78 is 5.16. The van der Waals surface area contributed by atoms with E-state index in [1.165, 1.54) is 5.56 Å². The third-order valence-corrected chi connectivity index (χ3v) is 5.75. The molecule has 0 unspecified atom stereocenters. The maximum atomic E-state index is 12.5. The predicted octanol–water partition coefficient (Wildman–Crippen LogP) is 0.235. The van der Waals surface area contributed by atoms with Crippen LogP contribution in [0, 0.1) is 11.3 Å². The normalized spacial score (nSPS) is 17.0. The molecule has 12 nitrogen and oxygen atoms in total. The van der Waals surface area contributed by atoms with Crippen LogP contribution in [0.15, 0.2) is 24.3 Å². The highest BCUT2D eigenvalue weighted by molar-refractivity contribution is 6.27. The van der Waals surface area contributed by atoms with Crippen LogP contribution in [0.3, 0.4) is 0 Å². The molecule has 2 saturated heterocycles. The van der Waals surface area contributed by atoms with E-state index in [1.54, 1.807) is 12.0 Å². The summed E-state index contributed by atoms with van der Waals surface area (Å²) in [4.78, 5) is 48.3. The topological polar surface area (TPSA) is 164 Å². The molecule has 2 fully saturated rings. The molecule has 2 heterocycles. The van der Waals surface area contributed by atoms with Gasteiger partial charge in [-0.05, 0) is 37.0 Å². The molecule has 0 spiro atoms. The standard InChI is InChI=1S/C21H29N5O3.C2H2O4/c1-29-19-6-4-17(5-7-19)8-11-24-13-14-25(21(24)28)12-9-23-16-20(27)26-10-2-3-18(26)15-22;3-1(4)2(5)6/h4-7,18,23H,2-3,8-14,16H2,1H3;(H,3,4)(H,5,6)/t18-;/m0./s1. The number of benzene rings is 1. The van der Waals surface area contributed by atoms with E-state index in [0.717, 1.165) is 31.6 Å². The number of nitriles is 1. The number of carbonyl (C=O) groups is 4. The number of carboxylic acids is 2. The molecule has 3 amide bonds. The van der Waals surface area contributed by atoms with Crippen molar-refractivity contribution in [3.63, 3.8) is 0 Å². The van der Waals surface area contributed by atoms with Gasteiger partial charge in [0.15, 0.2) is 0 Å². The first-order valence-corrected chi connectivity index (χ1v) is 11.3. The number of nitrogens with one attached hydrogen (secondary N) is 1. The van der Waals surface area contributed by atoms with Gasteiger partial charge in [0.25, 0.3) is 0 Å². The van der Waals surface area contributed by atoms with Gasteiger partial charge < -0.3 is 35.0 Å². The lowest BCUT2D eigenvalue weighted by atomic mass is 10.1. The second-order valence-corrected chi connectivity index (χ2v) is 8.02. The Morgan fingerprint density at radius 1 is 1.09 bits per heavy atom. The maximum absolute atomic E-state index is 12.5. The van der Waals surface area contributed by atoms with E-state index in [1.807, 2.05) is 34.1 Å². The largest absolute Gasteiger partial charge is 0.497 e. The molecule has 0 saturated carbocycles. The van der Waals surface area contributed by atoms with Gasteiger partial charge in [0.05, 0.1) is 19.7 Å². The van der Waals surface area contributed by atoms with Crippen LogP contribution in [-0.4, -0.2) is 108 Å². The highest BCUT2D eigenvalue weighted by Crippen LogP contribution is 2.16. The molecule has 2 aliphatic heterocycles. The fraction of sp³-hybridized carbons (Fsp3) is 0.522. The van der Waals surface area contributed by atoms with Crippen molar-refractivity contribution in [2.75, 3.05) is 52.9 Å². The van der Waals surface area contributed by atoms with E-state index in [2.05, 4.69) is 11.4 Å². The second-order valence-electron chi connectivity index (χ2n) is 8.02. The molecule has 35 heavy (non-hydrogen) atoms. The van der Waals surface area contributed by atoms with E-state index in [4.69, 9.17) is 29.8 Å². The van der Waals surface area contributed by atoms with Crippen molar-refractivity contribution < 1.29 is 34.1 Å². The summed E-state index contributed by atoms with van der Waals surface area (Å²) in [7, 11) is 1.65. The number of hydrogen-bond acceptors (Lipinski definition) is 7. The highest BCUT2D eigenvalue weighted by atomic mass is 16.5. The summed E-state index contributed by atoms with van der Waals surface area (Å²) in [6, 6.07) is 9.86. The van der Waals surface area contributed by atoms with Gasteiger partial charge in [-0.1, -0.05) is 12.1 Å². The van der Waals surface area contributed by atoms with Gasteiger partial charge in [-0.3, -0.25) is 4.79 Å². The predicted molar refractivity (Wildman–Crippen MR) is 124 cm³/mol. The fourth-order valence-electron chi connectivity index (χ4n) is 3.81. The SMILES string of the molecule is COc1ccc(CCN2CCN(CCNCC(=O)N3CCC[C@H]3C#N)C2=O)cc1.O=C(O)C(=O)O. The molecule has 3 rings (SSSR count). The maximum Gasteiger partial charge on any atom is 0.414 e. The smallest absolute Gasteiger partial charge is 0.414 e. The quantitative estimate of drug-likeness (QED) is 0.325. The van der Waals surface area contributed by atoms with Crippen molar-refractivity contribution >= 4 is 23.9 Å². The van der Waals surface area contributed by atoms with Crippen molar-refractivity contribution in [1.82, 2.24) is 20.0 Å². The Morgan fingerprint density at radius 3 is 2.29 bits per heavy atom. The van der Waals surface area contributed by atoms with Crippen LogP contribution in [-0.2, 0) is 20.8 Å². The van der Waals surface area contributed by atoms with Crippen LogP contribution < -0.4 is 10.1 Å². The van der Waals surface area contributed by atoms with E-state index in [-0.39, 0.29) is 24.5 Å². The summed E-state index contributed by atoms with van der Waals surface area (Å²) in [5.74, 6) is -2.86. The molecule has 0 aromatic heterocycles. The van der Waals surface area contributed by atoms with Crippen LogP contribution in [0.4, 0.5) is 4.79 Å². The van der Waals surface area contributed by atoms with Crippen LogP contribution in [0.1, 0.15) is 18.4 Å². The van der Waals surface area contributed by atoms with Crippen LogP contribution in [0.2, 0.25) is 0 Å². The number of nitrogens with zero attached hydrogens (tertiary/aromatic N) is 4. The number of aliphatic carboxylic acids is 2. The number of rotatable bonds is 9. The average Bonchev–Trinajstić information content (AvgIpc) is 3.47. The van der Waals surface area contributed by atoms with Crippen molar-refractivity contribution in [2.24, 2.45) is 0 Å². The lowest BCUT2D eigenvalue weighted by Crippen LogP contribution is -2.43. The monoisotopic (exact) mass is 489 g/mol. The third-order valence-electron chi connectivity index (χ3n) is 5.75. The number of urea groups is 1. The number of carboxylic acid groups (broad SMARTS) is 2. The van der Waals surface area contributed by atoms with Gasteiger partial charge in [0.1, 0.15) is 11.8 Å². The Kier molecular flexibility index (Phi) is 10.8. The molecule has 12 heteroatoms. The van der Waals surface area contributed by atoms with Crippen LogP contribution >= 0.6 is 0 Å². The van der Waals surface area contributed by atoms with E-state index < -0.39 is 11.9 Å². The molecule has 3 N–H and O–H groups in total. The summed E-state index contributed by atoms with van der Waals surface area (Å²) in [5, 5.41) is 27.0. The number of carbonyl (C=O) groups excluding carboxylic acids is 2. The summed E-state index contributed by atoms with van der Waals surface area (Å²) >= 11 is 0. The van der Waals surface area contributed by atoms with Crippen molar-refractivity contribution in [2.45, 2.75) is 25.3 Å². The zero-order valence-corrected chi connectivity index (χ0v) is 19.7. The first-order chi connectivity index (χ1) is 16.8. The van der Waals surface area contributed by atoms with Crippen molar-refractivity contribution in [3.8, 4) is 11.8 Å². The first-order valence-electron chi connectivity index (χ1n) is 11.3. The van der Waals surface area contributed by atoms with Gasteiger partial charge in [0.2, 0.25) is 5.91 Å². The van der Waals surface area contributed by atoms with Crippen molar-refractivity contribution in [1.29, 1.82) is 5.26 Å². The molecule has 0 radical (unpaired) electrons. The second kappa shape index (κ2) is 13.8. The van der Waals surface area contributed by atoms with Crippen molar-refractivity contribution in [3.05, 3.63) is 29.8 Å². The third kappa shape index (κ3) is 8.46. The molecule has 0 aliphatic carbocycles. The molecular weight excluding hydrogens is 458 g/mol. The lowest BCUT2D eigenvalue weighted by Gasteiger charge is -2.21. The Morgan fingerprint density at radius 2 is 1.71 bits per heavy atom. The van der Waals surface area contributed by atoms with Crippen LogP contribution in [0.5, 0.6) is 5.75 Å². The average molecular weight is 490 g/mol. The number of ether oxygens (including phenoxy) is 1. The number of amides is 3. The molecule has 1 atom stereocenters. The zero-order chi connectivity index (χ0) is 25.8. The number of likely N-dealkylation sites (tertiary alicyclic amines) is 1. The Balaban J connectivity index is 0.000000641. The van der Waals surface area contributed by atoms with E-state index in [9.17, 15) is 9.59 Å². The molecule has 1 aromatic rings. The fourth-order valence-corrected chi connectivity index (χ4v) is 3.81. The molecule has 2 aliphatic rings. The van der Waals surface area contributed by atoms with E-state index >= 15 is 0 Å². The summed E-state index contributed by atoms with van der Waals surface area (Å²) in [6.07, 6.45) is 2.46. The number of methoxy groups -OCH3 is 1.